The van der Waals surface area contributed by atoms with Crippen LogP contribution in [-0.4, -0.2) is 86.1 Å². The highest BCUT2D eigenvalue weighted by atomic mass is 31.2. The number of unbranched alkanes of at least 4 members (excludes halogenated alkanes) is 16. The van der Waals surface area contributed by atoms with E-state index >= 15 is 0 Å². The summed E-state index contributed by atoms with van der Waals surface area (Å²) in [5, 5.41) is 10.2. The molecule has 0 aromatic heterocycles. The Balaban J connectivity index is 4.50. The van der Waals surface area contributed by atoms with Gasteiger partial charge in [0.15, 0.2) is 6.10 Å². The number of ether oxygens (including phenoxy) is 2. The number of hydrogen-bond donors (Lipinski definition) is 2. The van der Waals surface area contributed by atoms with Crippen molar-refractivity contribution in [3.63, 3.8) is 0 Å². The van der Waals surface area contributed by atoms with Gasteiger partial charge in [0.05, 0.1) is 33.9 Å². The Kier molecular flexibility index (Phi) is 33.5. The smallest absolute Gasteiger partial charge is 0.462 e. The van der Waals surface area contributed by atoms with Crippen molar-refractivity contribution in [1.82, 2.24) is 0 Å². The lowest BCUT2D eigenvalue weighted by atomic mass is 10.1. The van der Waals surface area contributed by atoms with E-state index in [1.807, 2.05) is 39.4 Å². The van der Waals surface area contributed by atoms with E-state index < -0.39 is 38.6 Å². The fourth-order valence-corrected chi connectivity index (χ4v) is 6.12. The maximum absolute atomic E-state index is 12.7. The summed E-state index contributed by atoms with van der Waals surface area (Å²) < 4.78 is 34.1. The summed E-state index contributed by atoms with van der Waals surface area (Å²) in [5.74, 6) is -0.883. The van der Waals surface area contributed by atoms with Crippen molar-refractivity contribution in [3.8, 4) is 0 Å². The molecule has 0 aliphatic rings. The van der Waals surface area contributed by atoms with Crippen LogP contribution in [0.5, 0.6) is 0 Å². The molecule has 0 saturated heterocycles. The summed E-state index contributed by atoms with van der Waals surface area (Å²) >= 11 is 0. The van der Waals surface area contributed by atoms with Crippen LogP contribution >= 0.6 is 7.82 Å². The van der Waals surface area contributed by atoms with Gasteiger partial charge in [0, 0.05) is 12.8 Å². The first kappa shape index (κ1) is 51.2. The second-order valence-electron chi connectivity index (χ2n) is 15.2. The molecule has 53 heavy (non-hydrogen) atoms. The van der Waals surface area contributed by atoms with Crippen LogP contribution in [0.3, 0.4) is 0 Å². The molecule has 11 heteroatoms. The lowest BCUT2D eigenvalue weighted by Crippen LogP contribution is -2.37. The van der Waals surface area contributed by atoms with Crippen molar-refractivity contribution in [2.75, 3.05) is 47.5 Å². The van der Waals surface area contributed by atoms with Crippen LogP contribution in [0.1, 0.15) is 162 Å². The van der Waals surface area contributed by atoms with Crippen molar-refractivity contribution in [3.05, 3.63) is 36.5 Å². The molecule has 3 atom stereocenters. The fourth-order valence-electron chi connectivity index (χ4n) is 5.38. The summed E-state index contributed by atoms with van der Waals surface area (Å²) in [6.45, 7) is 4.23. The molecule has 0 bridgehead atoms. The van der Waals surface area contributed by atoms with Gasteiger partial charge in [-0.1, -0.05) is 127 Å². The summed E-state index contributed by atoms with van der Waals surface area (Å²) in [5.41, 5.74) is 0. The molecule has 0 radical (unpaired) electrons. The van der Waals surface area contributed by atoms with Crippen LogP contribution < -0.4 is 0 Å². The highest BCUT2D eigenvalue weighted by Crippen LogP contribution is 2.43. The molecule has 0 spiro atoms. The van der Waals surface area contributed by atoms with E-state index in [2.05, 4.69) is 32.1 Å². The maximum Gasteiger partial charge on any atom is 0.472 e. The zero-order valence-electron chi connectivity index (χ0n) is 34.4. The molecule has 0 saturated carbocycles. The largest absolute Gasteiger partial charge is 0.472 e. The van der Waals surface area contributed by atoms with Gasteiger partial charge in [-0.15, -0.1) is 0 Å². The molecular weight excluding hydrogens is 693 g/mol. The van der Waals surface area contributed by atoms with Gasteiger partial charge in [-0.25, -0.2) is 4.57 Å². The number of aliphatic hydroxyl groups excluding tert-OH is 1. The normalized spacial score (nSPS) is 14.6. The van der Waals surface area contributed by atoms with E-state index in [0.717, 1.165) is 64.2 Å². The Hall–Kier alpha value is -1.81. The van der Waals surface area contributed by atoms with Gasteiger partial charge in [-0.3, -0.25) is 18.6 Å². The van der Waals surface area contributed by atoms with Gasteiger partial charge in [0.25, 0.3) is 0 Å². The Morgan fingerprint density at radius 2 is 1.19 bits per heavy atom. The molecule has 2 N–H and O–H groups in total. The number of carbonyl (C=O) groups is 2. The summed E-state index contributed by atoms with van der Waals surface area (Å²) in [6, 6.07) is 0. The first-order valence-electron chi connectivity index (χ1n) is 20.8. The molecule has 3 unspecified atom stereocenters. The van der Waals surface area contributed by atoms with Crippen molar-refractivity contribution < 1.29 is 47.2 Å². The lowest BCUT2D eigenvalue weighted by Gasteiger charge is -2.24. The molecular formula is C42H79NO9P+. The van der Waals surface area contributed by atoms with Crippen LogP contribution in [0.4, 0.5) is 0 Å². The van der Waals surface area contributed by atoms with E-state index in [0.29, 0.717) is 30.3 Å². The van der Waals surface area contributed by atoms with Crippen LogP contribution in [-0.2, 0) is 32.7 Å². The Labute approximate surface area is 324 Å². The highest BCUT2D eigenvalue weighted by Gasteiger charge is 2.27. The van der Waals surface area contributed by atoms with E-state index in [1.54, 1.807) is 0 Å². The topological polar surface area (TPSA) is 129 Å². The highest BCUT2D eigenvalue weighted by molar-refractivity contribution is 7.47. The average molecular weight is 773 g/mol. The maximum atomic E-state index is 12.7. The molecule has 310 valence electrons. The van der Waals surface area contributed by atoms with Gasteiger partial charge in [-0.2, -0.15) is 0 Å². The van der Waals surface area contributed by atoms with Crippen LogP contribution in [0.25, 0.3) is 0 Å². The first-order valence-corrected chi connectivity index (χ1v) is 22.3. The molecule has 0 rings (SSSR count). The number of allylic oxidation sites excluding steroid dienone is 5. The van der Waals surface area contributed by atoms with E-state index in [1.165, 1.54) is 51.4 Å². The minimum Gasteiger partial charge on any atom is -0.462 e. The number of aliphatic hydroxyl groups is 1. The fraction of sp³-hybridized carbons (Fsp3) is 0.810. The summed E-state index contributed by atoms with van der Waals surface area (Å²) in [6.07, 6.45) is 33.5. The minimum atomic E-state index is -4.40. The average Bonchev–Trinajstić information content (AvgIpc) is 3.10. The Morgan fingerprint density at radius 3 is 1.83 bits per heavy atom. The van der Waals surface area contributed by atoms with E-state index in [9.17, 15) is 24.2 Å². The molecule has 0 aliphatic heterocycles. The van der Waals surface area contributed by atoms with Gasteiger partial charge in [0.1, 0.15) is 19.8 Å². The number of esters is 2. The lowest BCUT2D eigenvalue weighted by molar-refractivity contribution is -0.870. The molecule has 0 fully saturated rings. The second kappa shape index (κ2) is 34.7. The van der Waals surface area contributed by atoms with Gasteiger partial charge < -0.3 is 24.0 Å². The number of likely N-dealkylation sites (N-methyl/N-ethyl adjacent to an activating group) is 1. The molecule has 0 aromatic rings. The number of nitrogens with zero attached hydrogens (tertiary/aromatic N) is 1. The number of carbonyl (C=O) groups excluding carboxylic acids is 2. The summed E-state index contributed by atoms with van der Waals surface area (Å²) in [4.78, 5) is 35.3. The monoisotopic (exact) mass is 773 g/mol. The third-order valence-electron chi connectivity index (χ3n) is 8.75. The van der Waals surface area contributed by atoms with Gasteiger partial charge in [0.2, 0.25) is 0 Å². The quantitative estimate of drug-likeness (QED) is 0.0158. The van der Waals surface area contributed by atoms with Gasteiger partial charge in [-0.05, 0) is 57.8 Å². The van der Waals surface area contributed by atoms with Crippen LogP contribution in [0.15, 0.2) is 36.5 Å². The van der Waals surface area contributed by atoms with Crippen LogP contribution in [0.2, 0.25) is 0 Å². The van der Waals surface area contributed by atoms with Crippen molar-refractivity contribution in [2.45, 2.75) is 174 Å². The molecule has 0 amide bonds. The molecule has 0 aliphatic carbocycles. The Morgan fingerprint density at radius 1 is 0.660 bits per heavy atom. The number of phosphoric ester groups is 1. The predicted molar refractivity (Wildman–Crippen MR) is 216 cm³/mol. The zero-order chi connectivity index (χ0) is 39.5. The second-order valence-corrected chi connectivity index (χ2v) is 16.7. The SMILES string of the molecule is CCCCC/C=C\C=C\C(O)CCCCCCCC(=O)OC(COC(=O)CCCCCCC/C=C\CCCCCC)COP(=O)(O)OCC[N+](C)(C)C. The number of rotatable bonds is 37. The van der Waals surface area contributed by atoms with Crippen molar-refractivity contribution in [1.29, 1.82) is 0 Å². The minimum absolute atomic E-state index is 0.0126. The first-order chi connectivity index (χ1) is 25.4. The van der Waals surface area contributed by atoms with Gasteiger partial charge >= 0.3 is 19.8 Å². The zero-order valence-corrected chi connectivity index (χ0v) is 35.3. The Bertz CT molecular complexity index is 1020. The third-order valence-corrected chi connectivity index (χ3v) is 9.73. The van der Waals surface area contributed by atoms with E-state index in [-0.39, 0.29) is 26.1 Å². The van der Waals surface area contributed by atoms with Crippen LogP contribution in [0, 0.1) is 0 Å². The predicted octanol–water partition coefficient (Wildman–Crippen LogP) is 10.3. The molecule has 0 aromatic carbocycles. The molecule has 0 heterocycles. The summed E-state index contributed by atoms with van der Waals surface area (Å²) in [7, 11) is 1.41. The van der Waals surface area contributed by atoms with Crippen molar-refractivity contribution in [2.24, 2.45) is 0 Å². The number of hydrogen-bond acceptors (Lipinski definition) is 8. The van der Waals surface area contributed by atoms with E-state index in [4.69, 9.17) is 18.5 Å². The number of quaternary nitrogens is 1. The third kappa shape index (κ3) is 38.3. The standard InChI is InChI=1S/C42H78NO9P/c1-6-8-10-12-14-15-16-17-18-19-21-25-29-33-41(45)49-37-40(38-51-53(47,48)50-36-35-43(3,4)5)52-42(46)34-30-26-22-24-28-32-39(44)31-27-23-20-13-11-9-7-2/h15-16,20,23,27,31,39-40,44H,6-14,17-19,21-22,24-26,28-30,32-38H2,1-5H3/p+1/b16-15-,23-20-,31-27+. The number of phosphoric acid groups is 1. The van der Waals surface area contributed by atoms with Crippen molar-refractivity contribution >= 4 is 19.8 Å². The molecule has 10 nitrogen and oxygen atoms in total.